The first-order chi connectivity index (χ1) is 7.90. The molecule has 1 aromatic carbocycles. The quantitative estimate of drug-likeness (QED) is 0.753. The lowest BCUT2D eigenvalue weighted by atomic mass is 10.0. The molecule has 0 aromatic heterocycles. The molecule has 0 N–H and O–H groups in total. The Morgan fingerprint density at radius 3 is 2.88 bits per heavy atom. The Hall–Kier alpha value is -0.860. The van der Waals surface area contributed by atoms with Crippen LogP contribution in [0.4, 0.5) is 0 Å². The summed E-state index contributed by atoms with van der Waals surface area (Å²) in [4.78, 5) is 2.57. The SMILES string of the molecule is COCCN1CCCC1Cc1ccccc1. The summed E-state index contributed by atoms with van der Waals surface area (Å²) in [6.07, 6.45) is 3.85. The second-order valence-corrected chi connectivity index (χ2v) is 4.51. The third-order valence-corrected chi connectivity index (χ3v) is 3.40. The Morgan fingerprint density at radius 1 is 1.31 bits per heavy atom. The molecule has 1 aromatic rings. The molecule has 88 valence electrons. The van der Waals surface area contributed by atoms with Gasteiger partial charge < -0.3 is 4.74 Å². The van der Waals surface area contributed by atoms with Gasteiger partial charge in [0, 0.05) is 19.7 Å². The van der Waals surface area contributed by atoms with Crippen LogP contribution in [0.25, 0.3) is 0 Å². The number of likely N-dealkylation sites (tertiary alicyclic amines) is 1. The zero-order chi connectivity index (χ0) is 11.2. The van der Waals surface area contributed by atoms with Crippen LogP contribution >= 0.6 is 0 Å². The van der Waals surface area contributed by atoms with E-state index in [1.54, 1.807) is 7.11 Å². The van der Waals surface area contributed by atoms with Gasteiger partial charge in [0.15, 0.2) is 0 Å². The summed E-state index contributed by atoms with van der Waals surface area (Å²) in [6, 6.07) is 11.5. The third-order valence-electron chi connectivity index (χ3n) is 3.40. The monoisotopic (exact) mass is 219 g/mol. The van der Waals surface area contributed by atoms with Crippen molar-refractivity contribution in [1.29, 1.82) is 0 Å². The molecule has 2 heteroatoms. The van der Waals surface area contributed by atoms with Crippen molar-refractivity contribution in [1.82, 2.24) is 4.90 Å². The molecule has 1 saturated heterocycles. The molecular weight excluding hydrogens is 198 g/mol. The van der Waals surface area contributed by atoms with Crippen molar-refractivity contribution in [3.63, 3.8) is 0 Å². The number of ether oxygens (including phenoxy) is 1. The summed E-state index contributed by atoms with van der Waals surface area (Å²) >= 11 is 0. The number of benzene rings is 1. The van der Waals surface area contributed by atoms with Crippen LogP contribution in [-0.2, 0) is 11.2 Å². The molecule has 2 rings (SSSR count). The van der Waals surface area contributed by atoms with Crippen LogP contribution in [0.2, 0.25) is 0 Å². The van der Waals surface area contributed by atoms with E-state index in [0.717, 1.165) is 19.2 Å². The molecule has 0 bridgehead atoms. The molecule has 2 nitrogen and oxygen atoms in total. The Bertz CT molecular complexity index is 299. The molecule has 1 heterocycles. The fourth-order valence-electron chi connectivity index (χ4n) is 2.52. The van der Waals surface area contributed by atoms with Crippen molar-refractivity contribution in [2.24, 2.45) is 0 Å². The van der Waals surface area contributed by atoms with Crippen molar-refractivity contribution >= 4 is 0 Å². The Balaban J connectivity index is 1.88. The maximum Gasteiger partial charge on any atom is 0.0589 e. The summed E-state index contributed by atoms with van der Waals surface area (Å²) in [5, 5.41) is 0. The molecule has 0 amide bonds. The highest BCUT2D eigenvalue weighted by molar-refractivity contribution is 5.16. The van der Waals surface area contributed by atoms with Gasteiger partial charge in [-0.1, -0.05) is 30.3 Å². The minimum atomic E-state index is 0.720. The van der Waals surface area contributed by atoms with Crippen molar-refractivity contribution in [2.45, 2.75) is 25.3 Å². The van der Waals surface area contributed by atoms with E-state index >= 15 is 0 Å². The van der Waals surface area contributed by atoms with E-state index in [0.29, 0.717) is 0 Å². The average Bonchev–Trinajstić information content (AvgIpc) is 2.75. The van der Waals surface area contributed by atoms with Gasteiger partial charge in [0.1, 0.15) is 0 Å². The summed E-state index contributed by atoms with van der Waals surface area (Å²) < 4.78 is 5.16. The van der Waals surface area contributed by atoms with E-state index in [-0.39, 0.29) is 0 Å². The standard InChI is InChI=1S/C14H21NO/c1-16-11-10-15-9-5-8-14(15)12-13-6-3-2-4-7-13/h2-4,6-7,14H,5,8-12H2,1H3. The van der Waals surface area contributed by atoms with Crippen LogP contribution in [0.5, 0.6) is 0 Å². The largest absolute Gasteiger partial charge is 0.383 e. The van der Waals surface area contributed by atoms with Crippen LogP contribution in [0.3, 0.4) is 0 Å². The maximum absolute atomic E-state index is 5.16. The highest BCUT2D eigenvalue weighted by atomic mass is 16.5. The van der Waals surface area contributed by atoms with Crippen LogP contribution in [0.1, 0.15) is 18.4 Å². The van der Waals surface area contributed by atoms with Gasteiger partial charge in [-0.3, -0.25) is 4.90 Å². The van der Waals surface area contributed by atoms with E-state index in [4.69, 9.17) is 4.74 Å². The minimum absolute atomic E-state index is 0.720. The number of methoxy groups -OCH3 is 1. The molecule has 0 aliphatic carbocycles. The van der Waals surface area contributed by atoms with E-state index in [1.807, 2.05) is 0 Å². The number of hydrogen-bond acceptors (Lipinski definition) is 2. The van der Waals surface area contributed by atoms with Crippen LogP contribution < -0.4 is 0 Å². The lowest BCUT2D eigenvalue weighted by Gasteiger charge is -2.24. The number of nitrogens with zero attached hydrogens (tertiary/aromatic N) is 1. The van der Waals surface area contributed by atoms with E-state index in [1.165, 1.54) is 31.4 Å². The molecular formula is C14H21NO. The fourth-order valence-corrected chi connectivity index (χ4v) is 2.52. The molecule has 0 spiro atoms. The summed E-state index contributed by atoms with van der Waals surface area (Å²) in [5.74, 6) is 0. The molecule has 0 radical (unpaired) electrons. The van der Waals surface area contributed by atoms with E-state index in [9.17, 15) is 0 Å². The Labute approximate surface area is 98.2 Å². The normalized spacial score (nSPS) is 21.4. The van der Waals surface area contributed by atoms with Crippen LogP contribution in [-0.4, -0.2) is 37.7 Å². The summed E-state index contributed by atoms with van der Waals surface area (Å²) in [5.41, 5.74) is 1.46. The molecule has 1 fully saturated rings. The second-order valence-electron chi connectivity index (χ2n) is 4.51. The first-order valence-corrected chi connectivity index (χ1v) is 6.17. The first kappa shape index (κ1) is 11.6. The van der Waals surface area contributed by atoms with Gasteiger partial charge in [0.05, 0.1) is 6.61 Å². The second kappa shape index (κ2) is 6.02. The molecule has 16 heavy (non-hydrogen) atoms. The molecule has 1 aliphatic rings. The van der Waals surface area contributed by atoms with Crippen molar-refractivity contribution in [2.75, 3.05) is 26.8 Å². The summed E-state index contributed by atoms with van der Waals surface area (Å²) in [6.45, 7) is 3.17. The van der Waals surface area contributed by atoms with Gasteiger partial charge in [-0.2, -0.15) is 0 Å². The predicted octanol–water partition coefficient (Wildman–Crippen LogP) is 2.34. The van der Waals surface area contributed by atoms with Crippen molar-refractivity contribution < 1.29 is 4.74 Å². The molecule has 1 atom stereocenters. The topological polar surface area (TPSA) is 12.5 Å². The van der Waals surface area contributed by atoms with Gasteiger partial charge in [0.2, 0.25) is 0 Å². The highest BCUT2D eigenvalue weighted by Gasteiger charge is 2.23. The van der Waals surface area contributed by atoms with Crippen molar-refractivity contribution in [3.05, 3.63) is 35.9 Å². The average molecular weight is 219 g/mol. The fraction of sp³-hybridized carbons (Fsp3) is 0.571. The number of rotatable bonds is 5. The summed E-state index contributed by atoms with van der Waals surface area (Å²) in [7, 11) is 1.78. The van der Waals surface area contributed by atoms with E-state index < -0.39 is 0 Å². The third kappa shape index (κ3) is 3.06. The molecule has 1 aliphatic heterocycles. The maximum atomic E-state index is 5.16. The highest BCUT2D eigenvalue weighted by Crippen LogP contribution is 2.20. The van der Waals surface area contributed by atoms with Crippen molar-refractivity contribution in [3.8, 4) is 0 Å². The van der Waals surface area contributed by atoms with E-state index in [2.05, 4.69) is 35.2 Å². The number of hydrogen-bond donors (Lipinski definition) is 0. The molecule has 0 saturated carbocycles. The minimum Gasteiger partial charge on any atom is -0.383 e. The van der Waals surface area contributed by atoms with Gasteiger partial charge in [-0.15, -0.1) is 0 Å². The molecule has 1 unspecified atom stereocenters. The van der Waals surface area contributed by atoms with Gasteiger partial charge >= 0.3 is 0 Å². The Morgan fingerprint density at radius 2 is 2.12 bits per heavy atom. The predicted molar refractivity (Wildman–Crippen MR) is 66.6 cm³/mol. The van der Waals surface area contributed by atoms with Gasteiger partial charge in [0.25, 0.3) is 0 Å². The Kier molecular flexibility index (Phi) is 4.37. The lowest BCUT2D eigenvalue weighted by molar-refractivity contribution is 0.141. The lowest BCUT2D eigenvalue weighted by Crippen LogP contribution is -2.33. The van der Waals surface area contributed by atoms with Gasteiger partial charge in [-0.25, -0.2) is 0 Å². The van der Waals surface area contributed by atoms with Gasteiger partial charge in [-0.05, 0) is 31.4 Å². The smallest absolute Gasteiger partial charge is 0.0589 e. The first-order valence-electron chi connectivity index (χ1n) is 6.17. The van der Waals surface area contributed by atoms with Crippen LogP contribution in [0.15, 0.2) is 30.3 Å². The zero-order valence-corrected chi connectivity index (χ0v) is 10.1. The zero-order valence-electron chi connectivity index (χ0n) is 10.1. The van der Waals surface area contributed by atoms with Crippen LogP contribution in [0, 0.1) is 0 Å².